The van der Waals surface area contributed by atoms with Crippen LogP contribution in [0.15, 0.2) is 12.3 Å². The molecule has 9 nitrogen and oxygen atoms in total. The molecular formula is C12H17N3O6. The maximum absolute atomic E-state index is 10.9. The lowest BCUT2D eigenvalue weighted by Gasteiger charge is -2.18. The molecule has 1 heterocycles. The summed E-state index contributed by atoms with van der Waals surface area (Å²) in [6.07, 6.45) is -1.25. The first-order valence-electron chi connectivity index (χ1n) is 6.15. The molecule has 0 bridgehead atoms. The third-order valence-electron chi connectivity index (χ3n) is 2.76. The average Bonchev–Trinajstić information content (AvgIpc) is 2.45. The number of nitrogens with one attached hydrogen (secondary N) is 1. The molecule has 0 aromatic carbocycles. The highest BCUT2D eigenvalue weighted by Crippen LogP contribution is 2.28. The Balaban J connectivity index is 2.81. The standard InChI is InChI=1S/C12H17N3O6/c1-7(16)13-4-3-10(17)11(18)8-5-9(15(19)20)12(21-2)14-6-8/h5-6,10-11,17-18H,3-4H2,1-2H3,(H,13,16). The van der Waals surface area contributed by atoms with Crippen molar-refractivity contribution >= 4 is 11.6 Å². The fourth-order valence-corrected chi connectivity index (χ4v) is 1.68. The molecule has 0 fully saturated rings. The zero-order chi connectivity index (χ0) is 16.0. The van der Waals surface area contributed by atoms with Crippen molar-refractivity contribution < 1.29 is 24.7 Å². The number of methoxy groups -OCH3 is 1. The molecule has 0 spiro atoms. The molecule has 9 heteroatoms. The number of hydrogen-bond acceptors (Lipinski definition) is 7. The van der Waals surface area contributed by atoms with E-state index in [1.54, 1.807) is 0 Å². The van der Waals surface area contributed by atoms with Gasteiger partial charge in [0.2, 0.25) is 5.91 Å². The lowest BCUT2D eigenvalue weighted by Crippen LogP contribution is -2.27. The summed E-state index contributed by atoms with van der Waals surface area (Å²) >= 11 is 0. The van der Waals surface area contributed by atoms with Gasteiger partial charge in [-0.3, -0.25) is 14.9 Å². The Kier molecular flexibility index (Phi) is 6.00. The Labute approximate surface area is 120 Å². The van der Waals surface area contributed by atoms with Crippen LogP contribution in [0.4, 0.5) is 5.69 Å². The van der Waals surface area contributed by atoms with Gasteiger partial charge in [-0.1, -0.05) is 0 Å². The van der Waals surface area contributed by atoms with Crippen LogP contribution in [0.5, 0.6) is 5.88 Å². The van der Waals surface area contributed by atoms with E-state index >= 15 is 0 Å². The number of nitro groups is 1. The second kappa shape index (κ2) is 7.50. The van der Waals surface area contributed by atoms with Crippen molar-refractivity contribution in [3.63, 3.8) is 0 Å². The number of carbonyl (C=O) groups excluding carboxylic acids is 1. The highest BCUT2D eigenvalue weighted by molar-refractivity contribution is 5.72. The van der Waals surface area contributed by atoms with Gasteiger partial charge in [-0.15, -0.1) is 0 Å². The first-order chi connectivity index (χ1) is 9.86. The van der Waals surface area contributed by atoms with Crippen molar-refractivity contribution in [2.75, 3.05) is 13.7 Å². The molecule has 21 heavy (non-hydrogen) atoms. The number of carbonyl (C=O) groups is 1. The van der Waals surface area contributed by atoms with Crippen molar-refractivity contribution in [2.24, 2.45) is 0 Å². The van der Waals surface area contributed by atoms with Gasteiger partial charge in [-0.05, 0) is 6.42 Å². The maximum atomic E-state index is 10.9. The highest BCUT2D eigenvalue weighted by Gasteiger charge is 2.24. The molecule has 0 saturated heterocycles. The Morgan fingerprint density at radius 1 is 1.57 bits per heavy atom. The molecule has 0 aliphatic heterocycles. The van der Waals surface area contributed by atoms with E-state index in [0.717, 1.165) is 6.07 Å². The Bertz CT molecular complexity index is 522. The fourth-order valence-electron chi connectivity index (χ4n) is 1.68. The van der Waals surface area contributed by atoms with E-state index in [9.17, 15) is 25.1 Å². The molecule has 3 N–H and O–H groups in total. The van der Waals surface area contributed by atoms with Crippen LogP contribution in [0.3, 0.4) is 0 Å². The minimum Gasteiger partial charge on any atom is -0.476 e. The van der Waals surface area contributed by atoms with Crippen LogP contribution < -0.4 is 10.1 Å². The third-order valence-corrected chi connectivity index (χ3v) is 2.76. The minimum atomic E-state index is -1.35. The van der Waals surface area contributed by atoms with E-state index < -0.39 is 22.8 Å². The molecule has 116 valence electrons. The first-order valence-corrected chi connectivity index (χ1v) is 6.15. The summed E-state index contributed by atoms with van der Waals surface area (Å²) in [5.74, 6) is -0.429. The first kappa shape index (κ1) is 16.8. The molecule has 1 rings (SSSR count). The van der Waals surface area contributed by atoms with E-state index in [0.29, 0.717) is 0 Å². The van der Waals surface area contributed by atoms with Crippen LogP contribution in [0.2, 0.25) is 0 Å². The second-order valence-electron chi connectivity index (χ2n) is 4.34. The van der Waals surface area contributed by atoms with Crippen LogP contribution in [0, 0.1) is 10.1 Å². The van der Waals surface area contributed by atoms with E-state index in [1.807, 2.05) is 0 Å². The van der Waals surface area contributed by atoms with Crippen LogP contribution in [0.1, 0.15) is 25.0 Å². The minimum absolute atomic E-state index is 0.0952. The fraction of sp³-hybridized carbons (Fsp3) is 0.500. The van der Waals surface area contributed by atoms with Crippen molar-refractivity contribution in [3.05, 3.63) is 27.9 Å². The van der Waals surface area contributed by atoms with Crippen LogP contribution >= 0.6 is 0 Å². The molecule has 0 saturated carbocycles. The van der Waals surface area contributed by atoms with Crippen molar-refractivity contribution in [3.8, 4) is 5.88 Å². The van der Waals surface area contributed by atoms with Crippen LogP contribution in [-0.2, 0) is 4.79 Å². The largest absolute Gasteiger partial charge is 0.476 e. The molecule has 1 aromatic heterocycles. The Morgan fingerprint density at radius 2 is 2.24 bits per heavy atom. The second-order valence-corrected chi connectivity index (χ2v) is 4.34. The number of ether oxygens (including phenoxy) is 1. The predicted molar refractivity (Wildman–Crippen MR) is 71.7 cm³/mol. The summed E-state index contributed by atoms with van der Waals surface area (Å²) in [5, 5.41) is 33.1. The van der Waals surface area contributed by atoms with E-state index in [1.165, 1.54) is 20.2 Å². The Hall–Kier alpha value is -2.26. The van der Waals surface area contributed by atoms with Crippen molar-refractivity contribution in [2.45, 2.75) is 25.6 Å². The summed E-state index contributed by atoms with van der Waals surface area (Å²) in [6.45, 7) is 1.51. The van der Waals surface area contributed by atoms with Crippen LogP contribution in [-0.4, -0.2) is 45.8 Å². The number of rotatable bonds is 7. The average molecular weight is 299 g/mol. The van der Waals surface area contributed by atoms with Gasteiger partial charge in [-0.25, -0.2) is 4.98 Å². The SMILES string of the molecule is COc1ncc(C(O)C(O)CCNC(C)=O)cc1[N+](=O)[O-]. The summed E-state index contributed by atoms with van der Waals surface area (Å²) in [6, 6.07) is 1.10. The van der Waals surface area contributed by atoms with Gasteiger partial charge >= 0.3 is 5.69 Å². The zero-order valence-electron chi connectivity index (χ0n) is 11.6. The number of pyridine rings is 1. The number of aliphatic hydroxyl groups excluding tert-OH is 2. The van der Waals surface area contributed by atoms with Crippen molar-refractivity contribution in [1.29, 1.82) is 0 Å². The van der Waals surface area contributed by atoms with Gasteiger partial charge in [-0.2, -0.15) is 0 Å². The van der Waals surface area contributed by atoms with E-state index in [4.69, 9.17) is 4.74 Å². The van der Waals surface area contributed by atoms with Gasteiger partial charge in [0.15, 0.2) is 0 Å². The molecule has 0 radical (unpaired) electrons. The van der Waals surface area contributed by atoms with Crippen LogP contribution in [0.25, 0.3) is 0 Å². The molecule has 0 aliphatic carbocycles. The van der Waals surface area contributed by atoms with Crippen molar-refractivity contribution in [1.82, 2.24) is 10.3 Å². The lowest BCUT2D eigenvalue weighted by atomic mass is 10.0. The van der Waals surface area contributed by atoms with Gasteiger partial charge in [0, 0.05) is 31.3 Å². The molecule has 1 amide bonds. The predicted octanol–water partition coefficient (Wildman–Crippen LogP) is -0.0811. The number of aliphatic hydroxyl groups is 2. The number of hydrogen-bond donors (Lipinski definition) is 3. The summed E-state index contributed by atoms with van der Waals surface area (Å²) < 4.78 is 4.75. The highest BCUT2D eigenvalue weighted by atomic mass is 16.6. The zero-order valence-corrected chi connectivity index (χ0v) is 11.6. The number of amides is 1. The molecule has 1 aromatic rings. The normalized spacial score (nSPS) is 13.3. The Morgan fingerprint density at radius 3 is 2.76 bits per heavy atom. The van der Waals surface area contributed by atoms with Gasteiger partial charge < -0.3 is 20.3 Å². The molecule has 2 unspecified atom stereocenters. The lowest BCUT2D eigenvalue weighted by molar-refractivity contribution is -0.386. The molecule has 2 atom stereocenters. The van der Waals surface area contributed by atoms with Gasteiger partial charge in [0.1, 0.15) is 6.10 Å². The van der Waals surface area contributed by atoms with Gasteiger partial charge in [0.25, 0.3) is 5.88 Å². The topological polar surface area (TPSA) is 135 Å². The van der Waals surface area contributed by atoms with E-state index in [2.05, 4.69) is 10.3 Å². The summed E-state index contributed by atoms with van der Waals surface area (Å²) in [7, 11) is 1.24. The molecule has 0 aliphatic rings. The van der Waals surface area contributed by atoms with Gasteiger partial charge in [0.05, 0.1) is 18.1 Å². The number of aromatic nitrogens is 1. The van der Waals surface area contributed by atoms with E-state index in [-0.39, 0.29) is 30.3 Å². The summed E-state index contributed by atoms with van der Waals surface area (Å²) in [5.41, 5.74) is -0.305. The smallest absolute Gasteiger partial charge is 0.331 e. The quantitative estimate of drug-likeness (QED) is 0.473. The summed E-state index contributed by atoms with van der Waals surface area (Å²) in [4.78, 5) is 24.6. The number of nitrogens with zero attached hydrogens (tertiary/aromatic N) is 2. The molecular weight excluding hydrogens is 282 g/mol. The monoisotopic (exact) mass is 299 g/mol. The maximum Gasteiger partial charge on any atom is 0.331 e. The third kappa shape index (κ3) is 4.65.